The van der Waals surface area contributed by atoms with E-state index in [1.807, 2.05) is 18.2 Å². The molecule has 0 unspecified atom stereocenters. The normalized spacial score (nSPS) is 15.7. The van der Waals surface area contributed by atoms with Gasteiger partial charge in [0.15, 0.2) is 5.13 Å². The summed E-state index contributed by atoms with van der Waals surface area (Å²) >= 11 is 7.77. The van der Waals surface area contributed by atoms with Gasteiger partial charge in [0.1, 0.15) is 0 Å². The Morgan fingerprint density at radius 2 is 2.15 bits per heavy atom. The van der Waals surface area contributed by atoms with Crippen LogP contribution < -0.4 is 15.8 Å². The molecule has 1 saturated heterocycles. The van der Waals surface area contributed by atoms with Crippen molar-refractivity contribution in [1.29, 1.82) is 0 Å². The molecule has 2 N–H and O–H groups in total. The molecule has 136 valence electrons. The SMILES string of the molecule is O=c1cc(CCNC2CCN(c3nc4ccc(Cl)cc4s3)CC2)nc[nH]1. The highest BCUT2D eigenvalue weighted by atomic mass is 35.5. The van der Waals surface area contributed by atoms with E-state index in [-0.39, 0.29) is 5.56 Å². The molecule has 0 saturated carbocycles. The van der Waals surface area contributed by atoms with E-state index in [4.69, 9.17) is 16.6 Å². The average molecular weight is 390 g/mol. The van der Waals surface area contributed by atoms with Gasteiger partial charge >= 0.3 is 0 Å². The van der Waals surface area contributed by atoms with Crippen LogP contribution in [0.1, 0.15) is 18.5 Å². The minimum Gasteiger partial charge on any atom is -0.348 e. The number of piperidine rings is 1. The predicted octanol–water partition coefficient (Wildman–Crippen LogP) is 2.83. The maximum Gasteiger partial charge on any atom is 0.250 e. The van der Waals surface area contributed by atoms with Gasteiger partial charge in [0.2, 0.25) is 0 Å². The third-order valence-electron chi connectivity index (χ3n) is 4.65. The van der Waals surface area contributed by atoms with E-state index in [9.17, 15) is 4.79 Å². The lowest BCUT2D eigenvalue weighted by molar-refractivity contribution is 0.417. The fraction of sp³-hybridized carbons (Fsp3) is 0.389. The van der Waals surface area contributed by atoms with Crippen molar-refractivity contribution in [2.45, 2.75) is 25.3 Å². The quantitative estimate of drug-likeness (QED) is 0.701. The van der Waals surface area contributed by atoms with Gasteiger partial charge in [-0.2, -0.15) is 0 Å². The fourth-order valence-electron chi connectivity index (χ4n) is 3.25. The summed E-state index contributed by atoms with van der Waals surface area (Å²) in [7, 11) is 0. The molecular formula is C18H20ClN5OS. The molecule has 1 aliphatic heterocycles. The van der Waals surface area contributed by atoms with Crippen LogP contribution in [0.5, 0.6) is 0 Å². The first-order valence-corrected chi connectivity index (χ1v) is 9.95. The Kier molecular flexibility index (Phi) is 5.19. The van der Waals surface area contributed by atoms with Crippen molar-refractivity contribution in [1.82, 2.24) is 20.3 Å². The summed E-state index contributed by atoms with van der Waals surface area (Å²) < 4.78 is 1.14. The molecule has 2 aromatic heterocycles. The van der Waals surface area contributed by atoms with Crippen molar-refractivity contribution in [3.05, 3.63) is 51.7 Å². The van der Waals surface area contributed by atoms with Crippen LogP contribution in [0.4, 0.5) is 5.13 Å². The second kappa shape index (κ2) is 7.73. The van der Waals surface area contributed by atoms with Crippen LogP contribution in [0.2, 0.25) is 5.02 Å². The van der Waals surface area contributed by atoms with Gasteiger partial charge in [0.05, 0.1) is 16.5 Å². The molecule has 26 heavy (non-hydrogen) atoms. The first-order valence-electron chi connectivity index (χ1n) is 8.75. The zero-order valence-corrected chi connectivity index (χ0v) is 15.8. The molecule has 1 aromatic carbocycles. The van der Waals surface area contributed by atoms with Crippen LogP contribution >= 0.6 is 22.9 Å². The largest absolute Gasteiger partial charge is 0.348 e. The molecule has 3 aromatic rings. The molecule has 0 aliphatic carbocycles. The second-order valence-electron chi connectivity index (χ2n) is 6.48. The maximum atomic E-state index is 11.3. The van der Waals surface area contributed by atoms with Crippen LogP contribution in [0.15, 0.2) is 35.4 Å². The number of nitrogens with zero attached hydrogens (tertiary/aromatic N) is 3. The number of benzene rings is 1. The Morgan fingerprint density at radius 3 is 2.96 bits per heavy atom. The number of halogens is 1. The van der Waals surface area contributed by atoms with E-state index in [1.54, 1.807) is 17.4 Å². The van der Waals surface area contributed by atoms with Crippen molar-refractivity contribution in [3.8, 4) is 0 Å². The smallest absolute Gasteiger partial charge is 0.250 e. The van der Waals surface area contributed by atoms with E-state index < -0.39 is 0 Å². The summed E-state index contributed by atoms with van der Waals surface area (Å²) in [5.74, 6) is 0. The standard InChI is InChI=1S/C18H20ClN5OS/c19-12-1-2-15-16(9-12)26-18(23-15)24-7-4-13(5-8-24)20-6-3-14-10-17(25)22-11-21-14/h1-2,9-11,13,20H,3-8H2,(H,21,22,25). The molecule has 0 atom stereocenters. The minimum absolute atomic E-state index is 0.0968. The average Bonchev–Trinajstić information content (AvgIpc) is 3.05. The summed E-state index contributed by atoms with van der Waals surface area (Å²) in [5, 5.41) is 5.41. The molecular weight excluding hydrogens is 370 g/mol. The summed E-state index contributed by atoms with van der Waals surface area (Å²) in [4.78, 5) is 25.1. The maximum absolute atomic E-state index is 11.3. The zero-order chi connectivity index (χ0) is 17.9. The lowest BCUT2D eigenvalue weighted by Crippen LogP contribution is -2.43. The first kappa shape index (κ1) is 17.5. The number of hydrogen-bond acceptors (Lipinski definition) is 6. The van der Waals surface area contributed by atoms with Crippen LogP contribution in [-0.2, 0) is 6.42 Å². The van der Waals surface area contributed by atoms with E-state index in [0.717, 1.165) is 65.0 Å². The zero-order valence-electron chi connectivity index (χ0n) is 14.2. The Bertz CT molecular complexity index is 948. The van der Waals surface area contributed by atoms with E-state index in [2.05, 4.69) is 20.2 Å². The van der Waals surface area contributed by atoms with E-state index in [1.165, 1.54) is 6.33 Å². The molecule has 0 amide bonds. The van der Waals surface area contributed by atoms with Gasteiger partial charge in [0, 0.05) is 48.9 Å². The lowest BCUT2D eigenvalue weighted by Gasteiger charge is -2.32. The monoisotopic (exact) mass is 389 g/mol. The van der Waals surface area contributed by atoms with Gasteiger partial charge < -0.3 is 15.2 Å². The van der Waals surface area contributed by atoms with Gasteiger partial charge in [-0.15, -0.1) is 0 Å². The number of rotatable bonds is 5. The third kappa shape index (κ3) is 4.06. The number of aromatic amines is 1. The lowest BCUT2D eigenvalue weighted by atomic mass is 10.1. The summed E-state index contributed by atoms with van der Waals surface area (Å²) in [6.07, 6.45) is 4.39. The van der Waals surface area contributed by atoms with Crippen molar-refractivity contribution in [2.24, 2.45) is 0 Å². The highest BCUT2D eigenvalue weighted by Gasteiger charge is 2.21. The summed E-state index contributed by atoms with van der Waals surface area (Å²) in [6, 6.07) is 7.91. The number of thiazole rings is 1. The number of H-pyrrole nitrogens is 1. The van der Waals surface area contributed by atoms with Gasteiger partial charge in [-0.05, 0) is 31.0 Å². The molecule has 0 radical (unpaired) electrons. The van der Waals surface area contributed by atoms with Crippen LogP contribution in [-0.4, -0.2) is 40.6 Å². The van der Waals surface area contributed by atoms with Crippen molar-refractivity contribution >= 4 is 38.3 Å². The number of anilines is 1. The van der Waals surface area contributed by atoms with Gasteiger partial charge in [-0.1, -0.05) is 22.9 Å². The van der Waals surface area contributed by atoms with Crippen LogP contribution in [0.25, 0.3) is 10.2 Å². The molecule has 3 heterocycles. The molecule has 0 spiro atoms. The number of fused-ring (bicyclic) bond motifs is 1. The minimum atomic E-state index is -0.0968. The van der Waals surface area contributed by atoms with Crippen LogP contribution in [0.3, 0.4) is 0 Å². The first-order chi connectivity index (χ1) is 12.7. The number of aromatic nitrogens is 3. The summed E-state index contributed by atoms with van der Waals surface area (Å²) in [6.45, 7) is 2.82. The molecule has 1 aliphatic rings. The number of hydrogen-bond donors (Lipinski definition) is 2. The fourth-order valence-corrected chi connectivity index (χ4v) is 4.54. The summed E-state index contributed by atoms with van der Waals surface area (Å²) in [5.41, 5.74) is 1.74. The van der Waals surface area contributed by atoms with Crippen LogP contribution in [0, 0.1) is 0 Å². The highest BCUT2D eigenvalue weighted by Crippen LogP contribution is 2.32. The Labute approximate surface area is 160 Å². The van der Waals surface area contributed by atoms with Gasteiger partial charge in [-0.3, -0.25) is 4.79 Å². The van der Waals surface area contributed by atoms with Crippen molar-refractivity contribution < 1.29 is 0 Å². The second-order valence-corrected chi connectivity index (χ2v) is 7.92. The molecule has 0 bridgehead atoms. The molecule has 4 rings (SSSR count). The van der Waals surface area contributed by atoms with E-state index >= 15 is 0 Å². The predicted molar refractivity (Wildman–Crippen MR) is 106 cm³/mol. The topological polar surface area (TPSA) is 73.9 Å². The van der Waals surface area contributed by atoms with Gasteiger partial charge in [0.25, 0.3) is 5.56 Å². The highest BCUT2D eigenvalue weighted by molar-refractivity contribution is 7.22. The van der Waals surface area contributed by atoms with Crippen molar-refractivity contribution in [3.63, 3.8) is 0 Å². The molecule has 6 nitrogen and oxygen atoms in total. The molecule has 1 fully saturated rings. The van der Waals surface area contributed by atoms with E-state index in [0.29, 0.717) is 6.04 Å². The Balaban J connectivity index is 1.28. The molecule has 8 heteroatoms. The Hall–Kier alpha value is -1.96. The Morgan fingerprint density at radius 1 is 1.31 bits per heavy atom. The van der Waals surface area contributed by atoms with Crippen molar-refractivity contribution in [2.75, 3.05) is 24.5 Å². The number of nitrogens with one attached hydrogen (secondary N) is 2. The third-order valence-corrected chi connectivity index (χ3v) is 5.97. The van der Waals surface area contributed by atoms with Gasteiger partial charge in [-0.25, -0.2) is 9.97 Å².